The van der Waals surface area contributed by atoms with Crippen molar-refractivity contribution >= 4 is 30.7 Å². The van der Waals surface area contributed by atoms with E-state index in [4.69, 9.17) is 0 Å². The Labute approximate surface area is 154 Å². The Hall–Kier alpha value is -1.57. The second kappa shape index (κ2) is 9.05. The van der Waals surface area contributed by atoms with Gasteiger partial charge in [-0.3, -0.25) is 14.6 Å². The van der Waals surface area contributed by atoms with Crippen LogP contribution in [0.2, 0.25) is 0 Å². The summed E-state index contributed by atoms with van der Waals surface area (Å²) in [5, 5.41) is 14.1. The number of nitrogens with one attached hydrogen (secondary N) is 2. The van der Waals surface area contributed by atoms with Crippen molar-refractivity contribution in [2.45, 2.75) is 24.8 Å². The fourth-order valence-corrected chi connectivity index (χ4v) is 3.12. The fraction of sp³-hybridized carbons (Fsp3) is 0.533. The van der Waals surface area contributed by atoms with Gasteiger partial charge < -0.3 is 10.2 Å². The third-order valence-corrected chi connectivity index (χ3v) is 4.39. The van der Waals surface area contributed by atoms with Gasteiger partial charge in [-0.1, -0.05) is 0 Å². The number of nitrogens with zero attached hydrogens (tertiary/aromatic N) is 4. The van der Waals surface area contributed by atoms with Gasteiger partial charge in [0.25, 0.3) is 0 Å². The Bertz CT molecular complexity index is 622. The summed E-state index contributed by atoms with van der Waals surface area (Å²) in [6, 6.07) is -0.320. The van der Waals surface area contributed by atoms with Crippen molar-refractivity contribution < 1.29 is 4.79 Å². The number of likely N-dealkylation sites (N-methyl/N-ethyl adjacent to an activating group) is 1. The zero-order chi connectivity index (χ0) is 15.5. The first-order chi connectivity index (χ1) is 10.7. The Morgan fingerprint density at radius 1 is 1.33 bits per heavy atom. The summed E-state index contributed by atoms with van der Waals surface area (Å²) in [4.78, 5) is 14.7. The van der Waals surface area contributed by atoms with E-state index in [2.05, 4.69) is 20.6 Å². The first-order valence-corrected chi connectivity index (χ1v) is 7.62. The lowest BCUT2D eigenvalue weighted by atomic mass is 9.91. The Kier molecular flexibility index (Phi) is 7.72. The largest absolute Gasteiger partial charge is 0.341 e. The average molecular weight is 375 g/mol. The van der Waals surface area contributed by atoms with Crippen LogP contribution in [0.15, 0.2) is 24.8 Å². The number of amides is 1. The molecule has 2 N–H and O–H groups in total. The summed E-state index contributed by atoms with van der Waals surface area (Å²) in [5.41, 5.74) is 2.15. The minimum Gasteiger partial charge on any atom is -0.341 e. The molecule has 0 saturated carbocycles. The van der Waals surface area contributed by atoms with Crippen LogP contribution in [0.5, 0.6) is 0 Å². The Morgan fingerprint density at radius 2 is 2.04 bits per heavy atom. The number of likely N-dealkylation sites (tertiary alicyclic amines) is 1. The second-order valence-corrected chi connectivity index (χ2v) is 5.80. The molecule has 1 unspecified atom stereocenters. The average Bonchev–Trinajstić information content (AvgIpc) is 3.20. The minimum absolute atomic E-state index is 0. The van der Waals surface area contributed by atoms with Gasteiger partial charge in [0, 0.05) is 38.1 Å². The number of H-pyrrole nitrogens is 1. The molecule has 7 nitrogen and oxygen atoms in total. The van der Waals surface area contributed by atoms with E-state index in [1.54, 1.807) is 10.9 Å². The van der Waals surface area contributed by atoms with E-state index >= 15 is 0 Å². The summed E-state index contributed by atoms with van der Waals surface area (Å²) in [6.45, 7) is 1.57. The predicted molar refractivity (Wildman–Crippen MR) is 96.6 cm³/mol. The van der Waals surface area contributed by atoms with Gasteiger partial charge in [-0.05, 0) is 31.4 Å². The first-order valence-electron chi connectivity index (χ1n) is 7.62. The van der Waals surface area contributed by atoms with E-state index in [-0.39, 0.29) is 36.8 Å². The summed E-state index contributed by atoms with van der Waals surface area (Å²) >= 11 is 0. The van der Waals surface area contributed by atoms with Gasteiger partial charge in [0.05, 0.1) is 12.4 Å². The lowest BCUT2D eigenvalue weighted by molar-refractivity contribution is -0.134. The third-order valence-electron chi connectivity index (χ3n) is 4.39. The molecule has 1 saturated heterocycles. The molecule has 2 aromatic rings. The van der Waals surface area contributed by atoms with Crippen molar-refractivity contribution in [2.75, 3.05) is 20.1 Å². The zero-order valence-electron chi connectivity index (χ0n) is 13.8. The van der Waals surface area contributed by atoms with Crippen LogP contribution in [0.1, 0.15) is 35.9 Å². The van der Waals surface area contributed by atoms with Gasteiger partial charge in [-0.25, -0.2) is 0 Å². The number of aryl methyl sites for hydroxylation is 1. The molecule has 9 heteroatoms. The Balaban J connectivity index is 0.00000144. The standard InChI is InChI=1S/C15H22N6O.2ClH/c1-16-14(13-9-19-20(2)10-13)15(22)21-5-3-11(4-6-21)12-7-17-18-8-12;;/h7-11,14,16H,3-6H2,1-2H3,(H,17,18);2*1H. The highest BCUT2D eigenvalue weighted by molar-refractivity contribution is 5.85. The van der Waals surface area contributed by atoms with Gasteiger partial charge in [-0.2, -0.15) is 10.2 Å². The number of carbonyl (C=O) groups is 1. The van der Waals surface area contributed by atoms with Crippen molar-refractivity contribution in [1.82, 2.24) is 30.2 Å². The molecule has 3 heterocycles. The molecule has 3 rings (SSSR count). The van der Waals surface area contributed by atoms with E-state index in [1.807, 2.05) is 37.6 Å². The topological polar surface area (TPSA) is 78.8 Å². The number of hydrogen-bond acceptors (Lipinski definition) is 4. The molecule has 1 amide bonds. The summed E-state index contributed by atoms with van der Waals surface area (Å²) in [5.74, 6) is 0.621. The fourth-order valence-electron chi connectivity index (χ4n) is 3.12. The number of hydrogen-bond donors (Lipinski definition) is 2. The second-order valence-electron chi connectivity index (χ2n) is 5.80. The van der Waals surface area contributed by atoms with Crippen molar-refractivity contribution in [2.24, 2.45) is 7.05 Å². The van der Waals surface area contributed by atoms with Crippen LogP contribution in [-0.2, 0) is 11.8 Å². The van der Waals surface area contributed by atoms with Crippen LogP contribution in [0.4, 0.5) is 0 Å². The molecular formula is C15H24Cl2N6O. The number of rotatable bonds is 4. The van der Waals surface area contributed by atoms with Crippen LogP contribution in [0.25, 0.3) is 0 Å². The van der Waals surface area contributed by atoms with Crippen LogP contribution >= 0.6 is 24.8 Å². The van der Waals surface area contributed by atoms with Gasteiger partial charge in [0.1, 0.15) is 6.04 Å². The number of piperidine rings is 1. The molecule has 1 atom stereocenters. The molecule has 0 spiro atoms. The SMILES string of the molecule is CNC(C(=O)N1CCC(c2cn[nH]c2)CC1)c1cnn(C)c1.Cl.Cl. The maximum Gasteiger partial charge on any atom is 0.244 e. The quantitative estimate of drug-likeness (QED) is 0.852. The smallest absolute Gasteiger partial charge is 0.244 e. The molecule has 0 aromatic carbocycles. The number of carbonyl (C=O) groups excluding carboxylic acids is 1. The molecule has 1 aliphatic heterocycles. The summed E-state index contributed by atoms with van der Waals surface area (Å²) in [6.07, 6.45) is 9.43. The van der Waals surface area contributed by atoms with E-state index < -0.39 is 0 Å². The molecule has 0 bridgehead atoms. The molecule has 134 valence electrons. The lowest BCUT2D eigenvalue weighted by Crippen LogP contribution is -2.43. The van der Waals surface area contributed by atoms with Crippen molar-refractivity contribution in [3.63, 3.8) is 0 Å². The van der Waals surface area contributed by atoms with E-state index in [0.717, 1.165) is 31.5 Å². The third kappa shape index (κ3) is 4.28. The highest BCUT2D eigenvalue weighted by atomic mass is 35.5. The predicted octanol–water partition coefficient (Wildman–Crippen LogP) is 1.65. The monoisotopic (exact) mass is 374 g/mol. The number of halogens is 2. The lowest BCUT2D eigenvalue weighted by Gasteiger charge is -2.33. The molecule has 0 aliphatic carbocycles. The molecule has 1 fully saturated rings. The number of aromatic amines is 1. The molecular weight excluding hydrogens is 351 g/mol. The first kappa shape index (κ1) is 20.5. The molecule has 2 aromatic heterocycles. The van der Waals surface area contributed by atoms with Gasteiger partial charge in [-0.15, -0.1) is 24.8 Å². The summed E-state index contributed by atoms with van der Waals surface area (Å²) in [7, 11) is 3.67. The number of aromatic nitrogens is 4. The highest BCUT2D eigenvalue weighted by Gasteiger charge is 2.29. The molecule has 24 heavy (non-hydrogen) atoms. The summed E-state index contributed by atoms with van der Waals surface area (Å²) < 4.78 is 1.72. The normalized spacial score (nSPS) is 16.2. The van der Waals surface area contributed by atoms with Gasteiger partial charge in [0.15, 0.2) is 0 Å². The maximum absolute atomic E-state index is 12.7. The van der Waals surface area contributed by atoms with Crippen LogP contribution < -0.4 is 5.32 Å². The van der Waals surface area contributed by atoms with Crippen LogP contribution in [-0.4, -0.2) is 50.9 Å². The van der Waals surface area contributed by atoms with Crippen LogP contribution in [0, 0.1) is 0 Å². The van der Waals surface area contributed by atoms with E-state index in [9.17, 15) is 4.79 Å². The minimum atomic E-state index is -0.320. The van der Waals surface area contributed by atoms with E-state index in [1.165, 1.54) is 5.56 Å². The van der Waals surface area contributed by atoms with Gasteiger partial charge in [0.2, 0.25) is 5.91 Å². The Morgan fingerprint density at radius 3 is 2.54 bits per heavy atom. The molecule has 1 aliphatic rings. The molecule has 0 radical (unpaired) electrons. The van der Waals surface area contributed by atoms with Crippen molar-refractivity contribution in [3.05, 3.63) is 35.9 Å². The highest BCUT2D eigenvalue weighted by Crippen LogP contribution is 2.28. The maximum atomic E-state index is 12.7. The van der Waals surface area contributed by atoms with Crippen LogP contribution in [0.3, 0.4) is 0 Å². The van der Waals surface area contributed by atoms with Crippen molar-refractivity contribution in [1.29, 1.82) is 0 Å². The van der Waals surface area contributed by atoms with E-state index in [0.29, 0.717) is 5.92 Å². The van der Waals surface area contributed by atoms with Gasteiger partial charge >= 0.3 is 0 Å². The van der Waals surface area contributed by atoms with Crippen molar-refractivity contribution in [3.8, 4) is 0 Å². The zero-order valence-corrected chi connectivity index (χ0v) is 15.4.